The summed E-state index contributed by atoms with van der Waals surface area (Å²) in [5.74, 6) is 0. The van der Waals surface area contributed by atoms with Gasteiger partial charge in [-0.05, 0) is 12.1 Å². The summed E-state index contributed by atoms with van der Waals surface area (Å²) >= 11 is 0. The molecule has 1 unspecified atom stereocenters. The van der Waals surface area contributed by atoms with Crippen LogP contribution in [0.5, 0.6) is 0 Å². The lowest BCUT2D eigenvalue weighted by Gasteiger charge is -2.09. The predicted octanol–water partition coefficient (Wildman–Crippen LogP) is 0.969. The van der Waals surface area contributed by atoms with Crippen molar-refractivity contribution in [1.82, 2.24) is 15.1 Å². The quantitative estimate of drug-likeness (QED) is 0.779. The molecule has 102 valence electrons. The number of nitrogens with one attached hydrogen (secondary N) is 1. The van der Waals surface area contributed by atoms with E-state index in [0.29, 0.717) is 19.7 Å². The maximum absolute atomic E-state index is 9.50. The molecule has 0 bridgehead atoms. The second kappa shape index (κ2) is 7.04. The number of aliphatic hydroxyl groups is 1. The van der Waals surface area contributed by atoms with E-state index < -0.39 is 6.10 Å². The molecule has 0 spiro atoms. The molecule has 0 fully saturated rings. The molecule has 0 aliphatic carbocycles. The highest BCUT2D eigenvalue weighted by Gasteiger charge is 2.04. The van der Waals surface area contributed by atoms with E-state index >= 15 is 0 Å². The van der Waals surface area contributed by atoms with Gasteiger partial charge < -0.3 is 15.2 Å². The summed E-state index contributed by atoms with van der Waals surface area (Å²) in [6.07, 6.45) is 3.32. The summed E-state index contributed by atoms with van der Waals surface area (Å²) in [6, 6.07) is 9.96. The number of hydrogen-bond acceptors (Lipinski definition) is 4. The van der Waals surface area contributed by atoms with E-state index in [0.717, 1.165) is 11.3 Å². The normalized spacial score (nSPS) is 12.5. The van der Waals surface area contributed by atoms with Gasteiger partial charge in [0.15, 0.2) is 0 Å². The number of ether oxygens (including phenoxy) is 1. The minimum absolute atomic E-state index is 0.344. The van der Waals surface area contributed by atoms with Crippen molar-refractivity contribution in [3.63, 3.8) is 0 Å². The van der Waals surface area contributed by atoms with Gasteiger partial charge in [-0.3, -0.25) is 0 Å². The van der Waals surface area contributed by atoms with Crippen molar-refractivity contribution in [2.45, 2.75) is 12.6 Å². The number of methoxy groups -OCH3 is 1. The molecule has 2 N–H and O–H groups in total. The summed E-state index contributed by atoms with van der Waals surface area (Å²) in [6.45, 7) is 1.52. The van der Waals surface area contributed by atoms with E-state index in [4.69, 9.17) is 4.74 Å². The SMILES string of the molecule is COCC(O)CNCc1cnn(-c2ccccc2)c1. The highest BCUT2D eigenvalue weighted by Crippen LogP contribution is 2.07. The summed E-state index contributed by atoms with van der Waals surface area (Å²) in [5, 5.41) is 17.0. The van der Waals surface area contributed by atoms with Crippen molar-refractivity contribution in [3.8, 4) is 5.69 Å². The van der Waals surface area contributed by atoms with Gasteiger partial charge in [0.2, 0.25) is 0 Å². The first-order valence-corrected chi connectivity index (χ1v) is 6.26. The molecule has 0 saturated heterocycles. The van der Waals surface area contributed by atoms with Crippen LogP contribution >= 0.6 is 0 Å². The molecule has 0 radical (unpaired) electrons. The van der Waals surface area contributed by atoms with E-state index in [1.165, 1.54) is 0 Å². The second-order valence-electron chi connectivity index (χ2n) is 4.37. The van der Waals surface area contributed by atoms with Crippen molar-refractivity contribution >= 4 is 0 Å². The number of aliphatic hydroxyl groups excluding tert-OH is 1. The first-order chi connectivity index (χ1) is 9.29. The Morgan fingerprint density at radius 3 is 2.89 bits per heavy atom. The Labute approximate surface area is 112 Å². The van der Waals surface area contributed by atoms with Gasteiger partial charge in [-0.2, -0.15) is 5.10 Å². The molecule has 0 aliphatic heterocycles. The smallest absolute Gasteiger partial charge is 0.0897 e. The van der Waals surface area contributed by atoms with E-state index in [1.807, 2.05) is 47.4 Å². The van der Waals surface area contributed by atoms with Crippen LogP contribution in [0.25, 0.3) is 5.69 Å². The Morgan fingerprint density at radius 1 is 1.37 bits per heavy atom. The Balaban J connectivity index is 1.85. The average molecular weight is 261 g/mol. The average Bonchev–Trinajstić information content (AvgIpc) is 2.89. The van der Waals surface area contributed by atoms with Crippen molar-refractivity contribution in [2.75, 3.05) is 20.3 Å². The van der Waals surface area contributed by atoms with Crippen molar-refractivity contribution in [3.05, 3.63) is 48.3 Å². The number of para-hydroxylation sites is 1. The number of benzene rings is 1. The van der Waals surface area contributed by atoms with E-state index in [-0.39, 0.29) is 0 Å². The van der Waals surface area contributed by atoms with Gasteiger partial charge in [0, 0.05) is 32.0 Å². The molecule has 19 heavy (non-hydrogen) atoms. The topological polar surface area (TPSA) is 59.3 Å². The van der Waals surface area contributed by atoms with Crippen molar-refractivity contribution in [2.24, 2.45) is 0 Å². The van der Waals surface area contributed by atoms with Gasteiger partial charge in [0.1, 0.15) is 0 Å². The van der Waals surface area contributed by atoms with Crippen molar-refractivity contribution < 1.29 is 9.84 Å². The lowest BCUT2D eigenvalue weighted by molar-refractivity contribution is 0.0644. The molecular formula is C14H19N3O2. The third-order valence-corrected chi connectivity index (χ3v) is 2.72. The molecule has 1 heterocycles. The largest absolute Gasteiger partial charge is 0.389 e. The summed E-state index contributed by atoms with van der Waals surface area (Å²) < 4.78 is 6.70. The second-order valence-corrected chi connectivity index (χ2v) is 4.37. The van der Waals surface area contributed by atoms with E-state index in [1.54, 1.807) is 7.11 Å². The zero-order valence-corrected chi connectivity index (χ0v) is 11.0. The van der Waals surface area contributed by atoms with Crippen LogP contribution in [0.4, 0.5) is 0 Å². The van der Waals surface area contributed by atoms with Gasteiger partial charge in [0.25, 0.3) is 0 Å². The molecule has 5 nitrogen and oxygen atoms in total. The number of aromatic nitrogens is 2. The number of nitrogens with zero attached hydrogens (tertiary/aromatic N) is 2. The van der Waals surface area contributed by atoms with Crippen molar-refractivity contribution in [1.29, 1.82) is 0 Å². The highest BCUT2D eigenvalue weighted by molar-refractivity contribution is 5.30. The monoisotopic (exact) mass is 261 g/mol. The Kier molecular flexibility index (Phi) is 5.09. The third-order valence-electron chi connectivity index (χ3n) is 2.72. The van der Waals surface area contributed by atoms with Crippen LogP contribution in [0, 0.1) is 0 Å². The molecule has 0 saturated carbocycles. The highest BCUT2D eigenvalue weighted by atomic mass is 16.5. The maximum atomic E-state index is 9.50. The molecule has 5 heteroatoms. The Bertz CT molecular complexity index is 484. The van der Waals surface area contributed by atoms with Gasteiger partial charge in [-0.25, -0.2) is 4.68 Å². The van der Waals surface area contributed by atoms with Crippen LogP contribution in [-0.2, 0) is 11.3 Å². The van der Waals surface area contributed by atoms with Gasteiger partial charge >= 0.3 is 0 Å². The summed E-state index contributed by atoms with van der Waals surface area (Å²) in [5.41, 5.74) is 2.11. The zero-order valence-electron chi connectivity index (χ0n) is 11.0. The molecular weight excluding hydrogens is 242 g/mol. The maximum Gasteiger partial charge on any atom is 0.0897 e. The van der Waals surface area contributed by atoms with Crippen LogP contribution in [0.2, 0.25) is 0 Å². The molecule has 0 amide bonds. The lowest BCUT2D eigenvalue weighted by Crippen LogP contribution is -2.29. The Morgan fingerprint density at radius 2 is 2.16 bits per heavy atom. The summed E-state index contributed by atoms with van der Waals surface area (Å²) in [7, 11) is 1.58. The minimum Gasteiger partial charge on any atom is -0.389 e. The van der Waals surface area contributed by atoms with E-state index in [2.05, 4.69) is 10.4 Å². The van der Waals surface area contributed by atoms with Crippen LogP contribution < -0.4 is 5.32 Å². The molecule has 0 aliphatic rings. The first kappa shape index (κ1) is 13.7. The lowest BCUT2D eigenvalue weighted by atomic mass is 10.3. The first-order valence-electron chi connectivity index (χ1n) is 6.26. The van der Waals surface area contributed by atoms with Crippen LogP contribution in [0.3, 0.4) is 0 Å². The van der Waals surface area contributed by atoms with E-state index in [9.17, 15) is 5.11 Å². The predicted molar refractivity (Wildman–Crippen MR) is 73.2 cm³/mol. The number of hydrogen-bond donors (Lipinski definition) is 2. The molecule has 1 atom stereocenters. The van der Waals surface area contributed by atoms with Crippen LogP contribution in [0.1, 0.15) is 5.56 Å². The third kappa shape index (κ3) is 4.17. The standard InChI is InChI=1S/C14H19N3O2/c1-19-11-14(18)9-15-7-12-8-16-17(10-12)13-5-3-2-4-6-13/h2-6,8,10,14-15,18H,7,9,11H2,1H3. The van der Waals surface area contributed by atoms with Gasteiger partial charge in [0.05, 0.1) is 24.6 Å². The summed E-state index contributed by atoms with van der Waals surface area (Å²) in [4.78, 5) is 0. The van der Waals surface area contributed by atoms with Crippen LogP contribution in [0.15, 0.2) is 42.7 Å². The zero-order chi connectivity index (χ0) is 13.5. The van der Waals surface area contributed by atoms with Gasteiger partial charge in [-0.15, -0.1) is 0 Å². The number of rotatable bonds is 7. The molecule has 2 rings (SSSR count). The molecule has 1 aromatic carbocycles. The fraction of sp³-hybridized carbons (Fsp3) is 0.357. The molecule has 1 aromatic heterocycles. The minimum atomic E-state index is -0.478. The van der Waals surface area contributed by atoms with Crippen LogP contribution in [-0.4, -0.2) is 41.3 Å². The fourth-order valence-corrected chi connectivity index (χ4v) is 1.81. The fourth-order valence-electron chi connectivity index (χ4n) is 1.81. The Hall–Kier alpha value is -1.69. The molecule has 2 aromatic rings. The van der Waals surface area contributed by atoms with Gasteiger partial charge in [-0.1, -0.05) is 18.2 Å².